The van der Waals surface area contributed by atoms with Gasteiger partial charge in [-0.15, -0.1) is 0 Å². The van der Waals surface area contributed by atoms with E-state index in [1.165, 1.54) is 0 Å². The van der Waals surface area contributed by atoms with Gasteiger partial charge in [0.1, 0.15) is 18.4 Å². The molecule has 0 aromatic rings. The van der Waals surface area contributed by atoms with Crippen LogP contribution in [0.15, 0.2) is 0 Å². The van der Waals surface area contributed by atoms with Gasteiger partial charge < -0.3 is 25.8 Å². The lowest BCUT2D eigenvalue weighted by molar-refractivity contribution is -0.237. The minimum atomic E-state index is -1.77. The lowest BCUT2D eigenvalue weighted by Gasteiger charge is -2.36. The Kier molecular flexibility index (Phi) is 2.97. The fraction of sp³-hybridized carbons (Fsp3) is 1.00. The monoisotopic (exact) mass is 181 g/mol. The largest absolute Gasteiger partial charge is 0.394 e. The molecule has 72 valence electrons. The average Bonchev–Trinajstić information content (AvgIpc) is 2.08. The van der Waals surface area contributed by atoms with Crippen molar-refractivity contribution in [3.05, 3.63) is 0 Å². The second-order valence-electron chi connectivity index (χ2n) is 2.76. The molecule has 1 fully saturated rings. The molecule has 0 radical (unpaired) electrons. The van der Waals surface area contributed by atoms with Crippen molar-refractivity contribution in [2.75, 3.05) is 6.61 Å². The number of halogens is 1. The van der Waals surface area contributed by atoms with Gasteiger partial charge in [0.15, 0.2) is 6.29 Å². The van der Waals surface area contributed by atoms with Crippen molar-refractivity contribution >= 4 is 0 Å². The van der Waals surface area contributed by atoms with E-state index in [0.717, 1.165) is 0 Å². The molecular formula is C6H12FNO4. The van der Waals surface area contributed by atoms with Gasteiger partial charge in [-0.1, -0.05) is 0 Å². The van der Waals surface area contributed by atoms with E-state index in [9.17, 15) is 4.39 Å². The van der Waals surface area contributed by atoms with Crippen LogP contribution in [0, 0.1) is 0 Å². The van der Waals surface area contributed by atoms with Crippen LogP contribution in [0.5, 0.6) is 0 Å². The maximum atomic E-state index is 12.9. The quantitative estimate of drug-likeness (QED) is 0.365. The summed E-state index contributed by atoms with van der Waals surface area (Å²) in [7, 11) is 0. The van der Waals surface area contributed by atoms with Crippen molar-refractivity contribution in [1.29, 1.82) is 0 Å². The maximum absolute atomic E-state index is 12.9. The fourth-order valence-corrected chi connectivity index (χ4v) is 1.09. The van der Waals surface area contributed by atoms with E-state index in [0.29, 0.717) is 0 Å². The minimum Gasteiger partial charge on any atom is -0.394 e. The number of alkyl halides is 1. The molecule has 6 heteroatoms. The Morgan fingerprint density at radius 3 is 2.50 bits per heavy atom. The highest BCUT2D eigenvalue weighted by atomic mass is 19.1. The zero-order valence-corrected chi connectivity index (χ0v) is 6.30. The molecule has 0 bridgehead atoms. The molecule has 0 aliphatic carbocycles. The zero-order chi connectivity index (χ0) is 9.30. The molecule has 12 heavy (non-hydrogen) atoms. The summed E-state index contributed by atoms with van der Waals surface area (Å²) in [6, 6.07) is -1.26. The molecular weight excluding hydrogens is 169 g/mol. The first kappa shape index (κ1) is 9.82. The van der Waals surface area contributed by atoms with Crippen LogP contribution in [0.1, 0.15) is 0 Å². The number of aliphatic hydroxyl groups is 3. The number of ether oxygens (including phenoxy) is 1. The number of rotatable bonds is 1. The number of hydrogen-bond donors (Lipinski definition) is 4. The molecule has 1 aliphatic heterocycles. The van der Waals surface area contributed by atoms with Crippen molar-refractivity contribution in [3.63, 3.8) is 0 Å². The third-order valence-electron chi connectivity index (χ3n) is 1.90. The van der Waals surface area contributed by atoms with Gasteiger partial charge in [-0.05, 0) is 0 Å². The van der Waals surface area contributed by atoms with Crippen LogP contribution >= 0.6 is 0 Å². The van der Waals surface area contributed by atoms with E-state index in [2.05, 4.69) is 4.74 Å². The first-order valence-corrected chi connectivity index (χ1v) is 3.60. The molecule has 0 saturated carbocycles. The Morgan fingerprint density at radius 1 is 1.42 bits per heavy atom. The summed E-state index contributed by atoms with van der Waals surface area (Å²) in [5.74, 6) is 0. The molecule has 5 N–H and O–H groups in total. The van der Waals surface area contributed by atoms with E-state index in [-0.39, 0.29) is 0 Å². The molecule has 1 unspecified atom stereocenters. The Labute approximate surface area is 68.6 Å². The average molecular weight is 181 g/mol. The first-order chi connectivity index (χ1) is 5.57. The molecule has 5 atom stereocenters. The van der Waals surface area contributed by atoms with Gasteiger partial charge in [0, 0.05) is 0 Å². The van der Waals surface area contributed by atoms with Crippen molar-refractivity contribution in [3.8, 4) is 0 Å². The smallest absolute Gasteiger partial charge is 0.173 e. The second-order valence-corrected chi connectivity index (χ2v) is 2.76. The molecule has 0 aromatic heterocycles. The van der Waals surface area contributed by atoms with Crippen molar-refractivity contribution < 1.29 is 24.4 Å². The summed E-state index contributed by atoms with van der Waals surface area (Å²) in [6.07, 6.45) is -5.82. The molecule has 1 heterocycles. The lowest BCUT2D eigenvalue weighted by atomic mass is 9.99. The normalized spacial score (nSPS) is 49.2. The van der Waals surface area contributed by atoms with Crippen LogP contribution < -0.4 is 5.73 Å². The highest BCUT2D eigenvalue weighted by molar-refractivity contribution is 4.90. The summed E-state index contributed by atoms with van der Waals surface area (Å²) in [5.41, 5.74) is 5.14. The van der Waals surface area contributed by atoms with E-state index >= 15 is 0 Å². The van der Waals surface area contributed by atoms with Gasteiger partial charge in [0.2, 0.25) is 0 Å². The molecule has 1 saturated heterocycles. The Hall–Kier alpha value is -0.270. The predicted molar refractivity (Wildman–Crippen MR) is 36.8 cm³/mol. The van der Waals surface area contributed by atoms with Gasteiger partial charge in [0.25, 0.3) is 0 Å². The summed E-state index contributed by atoms with van der Waals surface area (Å²) < 4.78 is 17.6. The molecule has 1 aliphatic rings. The summed E-state index contributed by atoms with van der Waals surface area (Å²) in [6.45, 7) is -0.550. The summed E-state index contributed by atoms with van der Waals surface area (Å²) in [5, 5.41) is 26.6. The van der Waals surface area contributed by atoms with Crippen LogP contribution in [0.4, 0.5) is 4.39 Å². The van der Waals surface area contributed by atoms with Crippen LogP contribution in [-0.2, 0) is 4.74 Å². The van der Waals surface area contributed by atoms with Gasteiger partial charge in [0.05, 0.1) is 12.6 Å². The maximum Gasteiger partial charge on any atom is 0.173 e. The summed E-state index contributed by atoms with van der Waals surface area (Å²) in [4.78, 5) is 0. The second kappa shape index (κ2) is 3.63. The number of hydrogen-bond acceptors (Lipinski definition) is 5. The standard InChI is InChI=1S/C6H12FNO4/c7-3-4(8)6(11)12-2(1-9)5(3)10/h2-6,9-11H,1,8H2/t2-,3?,4-,5-,6-/m1/s1. The minimum absolute atomic E-state index is 0.550. The van der Waals surface area contributed by atoms with Crippen LogP contribution in [-0.4, -0.2) is 52.6 Å². The van der Waals surface area contributed by atoms with Gasteiger partial charge in [-0.25, -0.2) is 4.39 Å². The molecule has 5 nitrogen and oxygen atoms in total. The summed E-state index contributed by atoms with van der Waals surface area (Å²) >= 11 is 0. The molecule has 0 spiro atoms. The van der Waals surface area contributed by atoms with E-state index in [4.69, 9.17) is 21.1 Å². The molecule has 0 aromatic carbocycles. The molecule has 0 amide bonds. The van der Waals surface area contributed by atoms with Crippen molar-refractivity contribution in [2.24, 2.45) is 5.73 Å². The lowest BCUT2D eigenvalue weighted by Crippen LogP contribution is -2.60. The number of nitrogens with two attached hydrogens (primary N) is 1. The molecule has 1 rings (SSSR count). The van der Waals surface area contributed by atoms with Crippen molar-refractivity contribution in [2.45, 2.75) is 30.7 Å². The van der Waals surface area contributed by atoms with Crippen LogP contribution in [0.25, 0.3) is 0 Å². The fourth-order valence-electron chi connectivity index (χ4n) is 1.09. The van der Waals surface area contributed by atoms with E-state index in [1.54, 1.807) is 0 Å². The van der Waals surface area contributed by atoms with E-state index in [1.807, 2.05) is 0 Å². The van der Waals surface area contributed by atoms with E-state index < -0.39 is 37.3 Å². The van der Waals surface area contributed by atoms with Crippen LogP contribution in [0.3, 0.4) is 0 Å². The van der Waals surface area contributed by atoms with Gasteiger partial charge >= 0.3 is 0 Å². The predicted octanol–water partition coefficient (Wildman–Crippen LogP) is -2.28. The zero-order valence-electron chi connectivity index (χ0n) is 6.30. The highest BCUT2D eigenvalue weighted by Gasteiger charge is 2.42. The third-order valence-corrected chi connectivity index (χ3v) is 1.90. The van der Waals surface area contributed by atoms with Gasteiger partial charge in [-0.2, -0.15) is 0 Å². The third kappa shape index (κ3) is 1.57. The van der Waals surface area contributed by atoms with Crippen molar-refractivity contribution in [1.82, 2.24) is 0 Å². The number of aliphatic hydroxyl groups excluding tert-OH is 3. The Balaban J connectivity index is 2.63. The SMILES string of the molecule is N[C@@H]1C(F)[C@H](O)[C@@H](CO)O[C@H]1O. The highest BCUT2D eigenvalue weighted by Crippen LogP contribution is 2.20. The Bertz CT molecular complexity index is 154. The Morgan fingerprint density at radius 2 is 2.00 bits per heavy atom. The first-order valence-electron chi connectivity index (χ1n) is 3.60. The van der Waals surface area contributed by atoms with Gasteiger partial charge in [-0.3, -0.25) is 0 Å². The topological polar surface area (TPSA) is 95.9 Å². The van der Waals surface area contributed by atoms with Crippen LogP contribution in [0.2, 0.25) is 0 Å².